The Labute approximate surface area is 102 Å². The van der Waals surface area contributed by atoms with Gasteiger partial charge in [0, 0.05) is 5.56 Å². The molecule has 0 unspecified atom stereocenters. The van der Waals surface area contributed by atoms with Crippen LogP contribution in [0.5, 0.6) is 5.75 Å². The number of hydrogen-bond donors (Lipinski definition) is 1. The van der Waals surface area contributed by atoms with Crippen molar-refractivity contribution in [2.75, 3.05) is 12.8 Å². The van der Waals surface area contributed by atoms with E-state index >= 15 is 0 Å². The van der Waals surface area contributed by atoms with Gasteiger partial charge in [0.25, 0.3) is 0 Å². The maximum atomic E-state index is 5.88. The molecule has 1 aromatic heterocycles. The molecule has 0 bridgehead atoms. The molecule has 0 amide bonds. The second-order valence-corrected chi connectivity index (χ2v) is 4.14. The number of benzene rings is 1. The Morgan fingerprint density at radius 2 is 1.94 bits per heavy atom. The first-order valence-corrected chi connectivity index (χ1v) is 5.55. The molecule has 0 atom stereocenters. The summed E-state index contributed by atoms with van der Waals surface area (Å²) in [5.74, 6) is 0.829. The van der Waals surface area contributed by atoms with Gasteiger partial charge < -0.3 is 10.5 Å². The predicted molar refractivity (Wildman–Crippen MR) is 68.3 cm³/mol. The second-order valence-electron chi connectivity index (χ2n) is 3.32. The van der Waals surface area contributed by atoms with Crippen LogP contribution in [0.4, 0.5) is 5.69 Å². The number of anilines is 1. The molecular weight excluding hydrogens is 268 g/mol. The molecule has 1 heterocycles. The fourth-order valence-corrected chi connectivity index (χ4v) is 1.79. The van der Waals surface area contributed by atoms with Crippen molar-refractivity contribution in [3.05, 3.63) is 41.1 Å². The maximum Gasteiger partial charge on any atom is 0.118 e. The Morgan fingerprint density at radius 3 is 2.56 bits per heavy atom. The number of pyridine rings is 1. The van der Waals surface area contributed by atoms with E-state index in [0.29, 0.717) is 5.69 Å². The Balaban J connectivity index is 2.45. The minimum Gasteiger partial charge on any atom is -0.497 e. The summed E-state index contributed by atoms with van der Waals surface area (Å²) >= 11 is 3.33. The van der Waals surface area contributed by atoms with E-state index in [9.17, 15) is 0 Å². The van der Waals surface area contributed by atoms with Crippen LogP contribution in [-0.2, 0) is 0 Å². The van der Waals surface area contributed by atoms with Crippen LogP contribution in [0.25, 0.3) is 11.1 Å². The standard InChI is InChI=1S/C12H11BrN2O/c1-16-9-4-2-8(3-5-9)10-6-12(13)15-7-11(10)14/h2-7H,14H2,1H3. The highest BCUT2D eigenvalue weighted by molar-refractivity contribution is 9.10. The highest BCUT2D eigenvalue weighted by Gasteiger charge is 2.04. The zero-order valence-corrected chi connectivity index (χ0v) is 10.4. The summed E-state index contributed by atoms with van der Waals surface area (Å²) < 4.78 is 5.88. The third-order valence-corrected chi connectivity index (χ3v) is 2.74. The van der Waals surface area contributed by atoms with Crippen molar-refractivity contribution in [3.8, 4) is 16.9 Å². The first-order chi connectivity index (χ1) is 7.70. The number of ether oxygens (including phenoxy) is 1. The molecular formula is C12H11BrN2O. The van der Waals surface area contributed by atoms with Gasteiger partial charge in [-0.2, -0.15) is 0 Å². The molecule has 2 rings (SSSR count). The number of halogens is 1. The van der Waals surface area contributed by atoms with Gasteiger partial charge in [-0.25, -0.2) is 4.98 Å². The van der Waals surface area contributed by atoms with Crippen molar-refractivity contribution >= 4 is 21.6 Å². The third-order valence-electron chi connectivity index (χ3n) is 2.30. The summed E-state index contributed by atoms with van der Waals surface area (Å²) in [5, 5.41) is 0. The van der Waals surface area contributed by atoms with Crippen LogP contribution in [0.2, 0.25) is 0 Å². The quantitative estimate of drug-likeness (QED) is 0.859. The fraction of sp³-hybridized carbons (Fsp3) is 0.0833. The van der Waals surface area contributed by atoms with Crippen molar-refractivity contribution < 1.29 is 4.74 Å². The van der Waals surface area contributed by atoms with Gasteiger partial charge in [0.05, 0.1) is 19.0 Å². The molecule has 0 aliphatic carbocycles. The minimum atomic E-state index is 0.661. The van der Waals surface area contributed by atoms with E-state index in [-0.39, 0.29) is 0 Å². The third kappa shape index (κ3) is 2.17. The highest BCUT2D eigenvalue weighted by atomic mass is 79.9. The molecule has 0 saturated heterocycles. The van der Waals surface area contributed by atoms with Gasteiger partial charge in [-0.3, -0.25) is 0 Å². The Morgan fingerprint density at radius 1 is 1.25 bits per heavy atom. The average Bonchev–Trinajstić information content (AvgIpc) is 2.32. The molecule has 0 radical (unpaired) electrons. The second kappa shape index (κ2) is 4.53. The lowest BCUT2D eigenvalue weighted by atomic mass is 10.1. The number of methoxy groups -OCH3 is 1. The van der Waals surface area contributed by atoms with Crippen LogP contribution in [-0.4, -0.2) is 12.1 Å². The Hall–Kier alpha value is -1.55. The molecule has 4 heteroatoms. The van der Waals surface area contributed by atoms with Crippen molar-refractivity contribution in [2.24, 2.45) is 0 Å². The van der Waals surface area contributed by atoms with E-state index in [4.69, 9.17) is 10.5 Å². The summed E-state index contributed by atoms with van der Waals surface area (Å²) in [6, 6.07) is 9.65. The molecule has 16 heavy (non-hydrogen) atoms. The van der Waals surface area contributed by atoms with Crippen LogP contribution in [0.15, 0.2) is 41.1 Å². The predicted octanol–water partition coefficient (Wildman–Crippen LogP) is 3.10. The lowest BCUT2D eigenvalue weighted by Gasteiger charge is -2.06. The molecule has 0 spiro atoms. The normalized spacial score (nSPS) is 10.1. The minimum absolute atomic E-state index is 0.661. The van der Waals surface area contributed by atoms with E-state index in [1.54, 1.807) is 13.3 Å². The van der Waals surface area contributed by atoms with Gasteiger partial charge in [0.2, 0.25) is 0 Å². The molecule has 3 nitrogen and oxygen atoms in total. The fourth-order valence-electron chi connectivity index (χ4n) is 1.46. The van der Waals surface area contributed by atoms with Gasteiger partial charge in [-0.15, -0.1) is 0 Å². The van der Waals surface area contributed by atoms with E-state index in [1.807, 2.05) is 30.3 Å². The highest BCUT2D eigenvalue weighted by Crippen LogP contribution is 2.28. The Kier molecular flexibility index (Phi) is 3.10. The number of hydrogen-bond acceptors (Lipinski definition) is 3. The van der Waals surface area contributed by atoms with E-state index in [0.717, 1.165) is 21.5 Å². The zero-order valence-electron chi connectivity index (χ0n) is 8.77. The van der Waals surface area contributed by atoms with Crippen LogP contribution >= 0.6 is 15.9 Å². The molecule has 0 aliphatic heterocycles. The first kappa shape index (κ1) is 11.0. The van der Waals surface area contributed by atoms with E-state index in [1.165, 1.54) is 0 Å². The molecule has 0 saturated carbocycles. The van der Waals surface area contributed by atoms with Gasteiger partial charge in [-0.05, 0) is 39.7 Å². The van der Waals surface area contributed by atoms with Crippen molar-refractivity contribution in [2.45, 2.75) is 0 Å². The largest absolute Gasteiger partial charge is 0.497 e. The SMILES string of the molecule is COc1ccc(-c2cc(Br)ncc2N)cc1. The van der Waals surface area contributed by atoms with Crippen LogP contribution in [0.3, 0.4) is 0 Å². The summed E-state index contributed by atoms with van der Waals surface area (Å²) in [6.07, 6.45) is 1.64. The topological polar surface area (TPSA) is 48.1 Å². The van der Waals surface area contributed by atoms with Gasteiger partial charge in [0.1, 0.15) is 10.4 Å². The van der Waals surface area contributed by atoms with Crippen molar-refractivity contribution in [1.82, 2.24) is 4.98 Å². The Bertz CT molecular complexity index is 497. The van der Waals surface area contributed by atoms with Crippen LogP contribution in [0, 0.1) is 0 Å². The number of aromatic nitrogens is 1. The molecule has 2 N–H and O–H groups in total. The number of nitrogens with zero attached hydrogens (tertiary/aromatic N) is 1. The molecule has 82 valence electrons. The molecule has 0 aliphatic rings. The van der Waals surface area contributed by atoms with Crippen molar-refractivity contribution in [3.63, 3.8) is 0 Å². The molecule has 0 fully saturated rings. The number of nitrogen functional groups attached to an aromatic ring is 1. The summed E-state index contributed by atoms with van der Waals surface area (Å²) in [4.78, 5) is 4.07. The zero-order chi connectivity index (χ0) is 11.5. The monoisotopic (exact) mass is 278 g/mol. The maximum absolute atomic E-state index is 5.88. The summed E-state index contributed by atoms with van der Waals surface area (Å²) in [5.41, 5.74) is 8.54. The average molecular weight is 279 g/mol. The summed E-state index contributed by atoms with van der Waals surface area (Å²) in [7, 11) is 1.65. The lowest BCUT2D eigenvalue weighted by molar-refractivity contribution is 0.415. The van der Waals surface area contributed by atoms with Crippen LogP contribution < -0.4 is 10.5 Å². The smallest absolute Gasteiger partial charge is 0.118 e. The van der Waals surface area contributed by atoms with Gasteiger partial charge >= 0.3 is 0 Å². The number of nitrogens with two attached hydrogens (primary N) is 1. The van der Waals surface area contributed by atoms with Crippen molar-refractivity contribution in [1.29, 1.82) is 0 Å². The van der Waals surface area contributed by atoms with Crippen LogP contribution in [0.1, 0.15) is 0 Å². The lowest BCUT2D eigenvalue weighted by Crippen LogP contribution is -1.92. The molecule has 1 aromatic carbocycles. The van der Waals surface area contributed by atoms with E-state index in [2.05, 4.69) is 20.9 Å². The first-order valence-electron chi connectivity index (χ1n) is 4.76. The van der Waals surface area contributed by atoms with Gasteiger partial charge in [-0.1, -0.05) is 12.1 Å². The molecule has 2 aromatic rings. The summed E-state index contributed by atoms with van der Waals surface area (Å²) in [6.45, 7) is 0. The number of rotatable bonds is 2. The van der Waals surface area contributed by atoms with Gasteiger partial charge in [0.15, 0.2) is 0 Å². The van der Waals surface area contributed by atoms with E-state index < -0.39 is 0 Å².